The standard InChI is InChI=1S/C22H19N3O4/c1-28-17-9-8-15(12-18(17)29-2)16-10-11-23-20-19(16)21(26)24-22(27)25(20)13-14-6-4-3-5-7-14/h3-12H,13H2,1-2H3,(H,24,26,27)/p+1. The van der Waals surface area contributed by atoms with Crippen LogP contribution in [0.4, 0.5) is 0 Å². The predicted molar refractivity (Wildman–Crippen MR) is 109 cm³/mol. The number of aromatic amines is 2. The van der Waals surface area contributed by atoms with Gasteiger partial charge in [-0.2, -0.15) is 4.57 Å². The van der Waals surface area contributed by atoms with E-state index in [1.165, 1.54) is 4.57 Å². The third-order valence-electron chi connectivity index (χ3n) is 4.82. The summed E-state index contributed by atoms with van der Waals surface area (Å²) >= 11 is 0. The van der Waals surface area contributed by atoms with Gasteiger partial charge in [-0.3, -0.25) is 9.78 Å². The minimum atomic E-state index is -0.466. The topological polar surface area (TPSA) is 87.5 Å². The van der Waals surface area contributed by atoms with E-state index in [-0.39, 0.29) is 0 Å². The van der Waals surface area contributed by atoms with Crippen LogP contribution in [0, 0.1) is 0 Å². The van der Waals surface area contributed by atoms with Crippen molar-refractivity contribution >= 4 is 11.0 Å². The van der Waals surface area contributed by atoms with Gasteiger partial charge >= 0.3 is 5.69 Å². The number of hydrogen-bond acceptors (Lipinski definition) is 4. The molecule has 2 aromatic carbocycles. The number of nitrogens with zero attached hydrogens (tertiary/aromatic N) is 1. The first-order valence-corrected chi connectivity index (χ1v) is 9.06. The monoisotopic (exact) mass is 390 g/mol. The molecular weight excluding hydrogens is 370 g/mol. The fraction of sp³-hybridized carbons (Fsp3) is 0.136. The zero-order valence-electron chi connectivity index (χ0n) is 16.1. The van der Waals surface area contributed by atoms with Crippen LogP contribution in [0.3, 0.4) is 0 Å². The number of methoxy groups -OCH3 is 2. The number of pyridine rings is 1. The zero-order valence-corrected chi connectivity index (χ0v) is 16.1. The SMILES string of the molecule is COc1ccc(-c2cc[nH+]c3c2c(=O)[nH]c(=O)n3Cc2ccccc2)cc1OC. The molecule has 7 nitrogen and oxygen atoms in total. The van der Waals surface area contributed by atoms with Crippen molar-refractivity contribution in [3.05, 3.63) is 87.2 Å². The minimum Gasteiger partial charge on any atom is -0.493 e. The van der Waals surface area contributed by atoms with E-state index in [9.17, 15) is 9.59 Å². The maximum Gasteiger partial charge on any atom is 0.416 e. The van der Waals surface area contributed by atoms with Gasteiger partial charge in [0.05, 0.1) is 20.4 Å². The molecule has 2 aromatic heterocycles. The highest BCUT2D eigenvalue weighted by atomic mass is 16.5. The Hall–Kier alpha value is -3.87. The molecule has 2 N–H and O–H groups in total. The molecule has 29 heavy (non-hydrogen) atoms. The van der Waals surface area contributed by atoms with Gasteiger partial charge in [0.15, 0.2) is 11.5 Å². The first-order chi connectivity index (χ1) is 14.1. The summed E-state index contributed by atoms with van der Waals surface area (Å²) in [6.07, 6.45) is 1.72. The van der Waals surface area contributed by atoms with E-state index >= 15 is 0 Å². The van der Waals surface area contributed by atoms with Crippen molar-refractivity contribution in [2.45, 2.75) is 6.54 Å². The van der Waals surface area contributed by atoms with E-state index in [0.29, 0.717) is 34.6 Å². The first kappa shape index (κ1) is 18.5. The molecule has 0 bridgehead atoms. The van der Waals surface area contributed by atoms with Crippen molar-refractivity contribution in [2.24, 2.45) is 0 Å². The molecule has 0 aliphatic carbocycles. The normalized spacial score (nSPS) is 10.8. The maximum atomic E-state index is 12.7. The van der Waals surface area contributed by atoms with Crippen molar-refractivity contribution in [2.75, 3.05) is 14.2 Å². The van der Waals surface area contributed by atoms with E-state index < -0.39 is 11.2 Å². The molecule has 146 valence electrons. The van der Waals surface area contributed by atoms with Crippen LogP contribution < -0.4 is 25.7 Å². The highest BCUT2D eigenvalue weighted by Gasteiger charge is 2.20. The lowest BCUT2D eigenvalue weighted by atomic mass is 10.0. The fourth-order valence-electron chi connectivity index (χ4n) is 3.42. The number of hydrogen-bond donors (Lipinski definition) is 1. The van der Waals surface area contributed by atoms with Crippen LogP contribution in [-0.2, 0) is 6.54 Å². The molecule has 0 amide bonds. The van der Waals surface area contributed by atoms with E-state index in [1.807, 2.05) is 36.4 Å². The van der Waals surface area contributed by atoms with E-state index in [2.05, 4.69) is 9.97 Å². The second-order valence-corrected chi connectivity index (χ2v) is 6.52. The molecule has 0 radical (unpaired) electrons. The van der Waals surface area contributed by atoms with Crippen molar-refractivity contribution < 1.29 is 14.5 Å². The van der Waals surface area contributed by atoms with Crippen molar-refractivity contribution in [3.63, 3.8) is 0 Å². The van der Waals surface area contributed by atoms with Gasteiger partial charge in [-0.25, -0.2) is 9.78 Å². The van der Waals surface area contributed by atoms with Gasteiger partial charge < -0.3 is 9.47 Å². The fourth-order valence-corrected chi connectivity index (χ4v) is 3.42. The molecule has 2 heterocycles. The second kappa shape index (κ2) is 7.63. The number of benzene rings is 2. The number of fused-ring (bicyclic) bond motifs is 1. The highest BCUT2D eigenvalue weighted by Crippen LogP contribution is 2.33. The van der Waals surface area contributed by atoms with Crippen LogP contribution >= 0.6 is 0 Å². The Kier molecular flexibility index (Phi) is 4.87. The lowest BCUT2D eigenvalue weighted by molar-refractivity contribution is -0.349. The highest BCUT2D eigenvalue weighted by molar-refractivity contribution is 5.90. The molecule has 0 fully saturated rings. The Bertz CT molecular complexity index is 1290. The first-order valence-electron chi connectivity index (χ1n) is 9.06. The summed E-state index contributed by atoms with van der Waals surface area (Å²) in [5.74, 6) is 1.15. The summed E-state index contributed by atoms with van der Waals surface area (Å²) < 4.78 is 12.2. The van der Waals surface area contributed by atoms with E-state index in [0.717, 1.165) is 11.1 Å². The lowest BCUT2D eigenvalue weighted by Crippen LogP contribution is -2.34. The number of rotatable bonds is 5. The van der Waals surface area contributed by atoms with E-state index in [4.69, 9.17) is 9.47 Å². The largest absolute Gasteiger partial charge is 0.493 e. The second-order valence-electron chi connectivity index (χ2n) is 6.52. The Morgan fingerprint density at radius 3 is 2.45 bits per heavy atom. The van der Waals surface area contributed by atoms with Gasteiger partial charge in [-0.15, -0.1) is 0 Å². The van der Waals surface area contributed by atoms with Crippen LogP contribution in [-0.4, -0.2) is 23.8 Å². The number of ether oxygens (including phenoxy) is 2. The van der Waals surface area contributed by atoms with Crippen LogP contribution in [0.1, 0.15) is 5.56 Å². The molecule has 0 atom stereocenters. The summed E-state index contributed by atoms with van der Waals surface area (Å²) in [6, 6.07) is 16.8. The molecule has 0 aliphatic rings. The van der Waals surface area contributed by atoms with E-state index in [1.54, 1.807) is 38.6 Å². The van der Waals surface area contributed by atoms with Gasteiger partial charge in [0.1, 0.15) is 11.9 Å². The van der Waals surface area contributed by atoms with Crippen LogP contribution in [0.2, 0.25) is 0 Å². The lowest BCUT2D eigenvalue weighted by Gasteiger charge is -2.11. The van der Waals surface area contributed by atoms with Gasteiger partial charge in [0, 0.05) is 5.56 Å². The van der Waals surface area contributed by atoms with Crippen molar-refractivity contribution in [1.82, 2.24) is 9.55 Å². The van der Waals surface area contributed by atoms with Gasteiger partial charge in [-0.1, -0.05) is 36.4 Å². The summed E-state index contributed by atoms with van der Waals surface area (Å²) in [6.45, 7) is 0.332. The van der Waals surface area contributed by atoms with Crippen molar-refractivity contribution in [3.8, 4) is 22.6 Å². The molecular formula is C22H20N3O4+. The Labute approximate surface area is 166 Å². The van der Waals surface area contributed by atoms with Gasteiger partial charge in [0.2, 0.25) is 0 Å². The third kappa shape index (κ3) is 3.38. The summed E-state index contributed by atoms with van der Waals surface area (Å²) in [5.41, 5.74) is 1.95. The Morgan fingerprint density at radius 1 is 0.966 bits per heavy atom. The van der Waals surface area contributed by atoms with Gasteiger partial charge in [-0.05, 0) is 29.3 Å². The molecule has 0 saturated carbocycles. The molecule has 7 heteroatoms. The van der Waals surface area contributed by atoms with Crippen LogP contribution in [0.5, 0.6) is 11.5 Å². The van der Waals surface area contributed by atoms with Crippen LogP contribution in [0.15, 0.2) is 70.4 Å². The molecule has 0 aliphatic heterocycles. The molecule has 0 spiro atoms. The summed E-state index contributed by atoms with van der Waals surface area (Å²) in [7, 11) is 3.13. The summed E-state index contributed by atoms with van der Waals surface area (Å²) in [5, 5.41) is 0.398. The number of aromatic nitrogens is 3. The molecule has 4 rings (SSSR count). The summed E-state index contributed by atoms with van der Waals surface area (Å²) in [4.78, 5) is 30.8. The molecule has 0 saturated heterocycles. The quantitative estimate of drug-likeness (QED) is 0.566. The van der Waals surface area contributed by atoms with Crippen LogP contribution in [0.25, 0.3) is 22.2 Å². The third-order valence-corrected chi connectivity index (χ3v) is 4.82. The average Bonchev–Trinajstić information content (AvgIpc) is 2.76. The minimum absolute atomic E-state index is 0.332. The molecule has 4 aromatic rings. The zero-order chi connectivity index (χ0) is 20.4. The smallest absolute Gasteiger partial charge is 0.416 e. The Balaban J connectivity index is 1.95. The Morgan fingerprint density at radius 2 is 1.72 bits per heavy atom. The van der Waals surface area contributed by atoms with Crippen molar-refractivity contribution in [1.29, 1.82) is 0 Å². The predicted octanol–water partition coefficient (Wildman–Crippen LogP) is 2.24. The molecule has 0 unspecified atom stereocenters. The average molecular weight is 390 g/mol. The number of nitrogens with one attached hydrogen (secondary N) is 2. The number of H-pyrrole nitrogens is 2. The van der Waals surface area contributed by atoms with Gasteiger partial charge in [0.25, 0.3) is 11.2 Å². The maximum absolute atomic E-state index is 12.7.